The number of hydrogen-bond acceptors (Lipinski definition) is 5. The number of aryl methyl sites for hydroxylation is 1. The Balaban J connectivity index is 2.57. The predicted molar refractivity (Wildman–Crippen MR) is 59.0 cm³/mol. The molecular weight excluding hydrogens is 222 g/mol. The van der Waals surface area contributed by atoms with Crippen LogP contribution in [0.4, 0.5) is 0 Å². The Labute approximate surface area is 98.7 Å². The molecule has 0 saturated heterocycles. The zero-order valence-corrected chi connectivity index (χ0v) is 9.99. The maximum atomic E-state index is 11.4. The number of rotatable bonds is 0. The van der Waals surface area contributed by atoms with Gasteiger partial charge in [-0.25, -0.2) is 4.98 Å². The lowest BCUT2D eigenvalue weighted by Gasteiger charge is -2.17. The van der Waals surface area contributed by atoms with Crippen LogP contribution in [0.5, 0.6) is 11.6 Å². The maximum Gasteiger partial charge on any atom is 0.313 e. The molecule has 0 N–H and O–H groups in total. The molecule has 0 atom stereocenters. The van der Waals surface area contributed by atoms with Crippen molar-refractivity contribution in [2.24, 2.45) is 0 Å². The van der Waals surface area contributed by atoms with E-state index in [2.05, 4.69) is 4.98 Å². The van der Waals surface area contributed by atoms with Crippen LogP contribution in [0.2, 0.25) is 0 Å². The van der Waals surface area contributed by atoms with E-state index < -0.39 is 11.9 Å². The molecule has 0 spiro atoms. The number of hydrogen-bond donors (Lipinski definition) is 0. The Morgan fingerprint density at radius 1 is 0.941 bits per heavy atom. The van der Waals surface area contributed by atoms with Crippen LogP contribution in [-0.2, 0) is 9.59 Å². The lowest BCUT2D eigenvalue weighted by Crippen LogP contribution is -2.20. The van der Waals surface area contributed by atoms with Gasteiger partial charge < -0.3 is 9.47 Å². The highest BCUT2D eigenvalue weighted by Crippen LogP contribution is 2.34. The molecule has 0 saturated carbocycles. The van der Waals surface area contributed by atoms with E-state index in [4.69, 9.17) is 9.47 Å². The van der Waals surface area contributed by atoms with Crippen LogP contribution < -0.4 is 9.47 Å². The summed E-state index contributed by atoms with van der Waals surface area (Å²) in [5.41, 5.74) is 2.45. The lowest BCUT2D eigenvalue weighted by atomic mass is 10.1. The average Bonchev–Trinajstić information content (AvgIpc) is 2.27. The van der Waals surface area contributed by atoms with E-state index in [1.807, 2.05) is 20.8 Å². The summed E-state index contributed by atoms with van der Waals surface area (Å²) in [6, 6.07) is 0. The fourth-order valence-corrected chi connectivity index (χ4v) is 1.61. The predicted octanol–water partition coefficient (Wildman–Crippen LogP) is 1.61. The highest BCUT2D eigenvalue weighted by molar-refractivity contribution is 5.82. The summed E-state index contributed by atoms with van der Waals surface area (Å²) in [7, 11) is 0. The minimum Gasteiger partial charge on any atom is -0.420 e. The fraction of sp³-hybridized carbons (Fsp3) is 0.417. The minimum atomic E-state index is -0.460. The zero-order valence-electron chi connectivity index (χ0n) is 9.99. The summed E-state index contributed by atoms with van der Waals surface area (Å²) in [4.78, 5) is 27.0. The van der Waals surface area contributed by atoms with Crippen molar-refractivity contribution < 1.29 is 19.1 Å². The Bertz CT molecular complexity index is 508. The highest BCUT2D eigenvalue weighted by Gasteiger charge is 2.23. The van der Waals surface area contributed by atoms with Crippen LogP contribution in [0, 0.1) is 20.8 Å². The summed E-state index contributed by atoms with van der Waals surface area (Å²) in [5.74, 6) is -0.552. The van der Waals surface area contributed by atoms with Crippen molar-refractivity contribution in [3.63, 3.8) is 0 Å². The van der Waals surface area contributed by atoms with E-state index in [0.29, 0.717) is 0 Å². The summed E-state index contributed by atoms with van der Waals surface area (Å²) in [5, 5.41) is 0. The SMILES string of the molecule is Cc1nc2c(c(C)c1C)OC(=O)CCC(=O)O2. The lowest BCUT2D eigenvalue weighted by molar-refractivity contribution is -0.142. The van der Waals surface area contributed by atoms with Gasteiger partial charge in [0.25, 0.3) is 5.88 Å². The average molecular weight is 235 g/mol. The largest absolute Gasteiger partial charge is 0.420 e. The third kappa shape index (κ3) is 2.13. The van der Waals surface area contributed by atoms with Gasteiger partial charge >= 0.3 is 11.9 Å². The van der Waals surface area contributed by atoms with Gasteiger partial charge in [-0.05, 0) is 26.3 Å². The van der Waals surface area contributed by atoms with Crippen LogP contribution in [0.15, 0.2) is 0 Å². The van der Waals surface area contributed by atoms with E-state index in [1.54, 1.807) is 0 Å². The van der Waals surface area contributed by atoms with Gasteiger partial charge in [0, 0.05) is 11.3 Å². The molecule has 0 bridgehead atoms. The zero-order chi connectivity index (χ0) is 12.6. The van der Waals surface area contributed by atoms with Crippen LogP contribution in [0.3, 0.4) is 0 Å². The first-order valence-electron chi connectivity index (χ1n) is 5.38. The van der Waals surface area contributed by atoms with Gasteiger partial charge in [0.05, 0.1) is 12.8 Å². The highest BCUT2D eigenvalue weighted by atomic mass is 16.6. The van der Waals surface area contributed by atoms with Gasteiger partial charge in [-0.3, -0.25) is 9.59 Å². The maximum absolute atomic E-state index is 11.4. The van der Waals surface area contributed by atoms with Gasteiger partial charge in [-0.2, -0.15) is 0 Å². The molecule has 0 amide bonds. The van der Waals surface area contributed by atoms with Crippen LogP contribution in [0.1, 0.15) is 29.7 Å². The molecule has 5 heteroatoms. The molecular formula is C12H13NO4. The molecule has 1 aliphatic rings. The monoisotopic (exact) mass is 235 g/mol. The van der Waals surface area contributed by atoms with Gasteiger partial charge in [0.2, 0.25) is 0 Å². The molecule has 90 valence electrons. The number of ether oxygens (including phenoxy) is 2. The molecule has 1 aliphatic heterocycles. The number of aromatic nitrogens is 1. The Kier molecular flexibility index (Phi) is 2.83. The quantitative estimate of drug-likeness (QED) is 0.639. The minimum absolute atomic E-state index is 0.0198. The van der Waals surface area contributed by atoms with Crippen molar-refractivity contribution >= 4 is 11.9 Å². The van der Waals surface area contributed by atoms with Crippen molar-refractivity contribution in [1.82, 2.24) is 4.98 Å². The van der Waals surface area contributed by atoms with E-state index in [-0.39, 0.29) is 24.5 Å². The van der Waals surface area contributed by atoms with Crippen LogP contribution in [0.25, 0.3) is 0 Å². The molecule has 0 aliphatic carbocycles. The van der Waals surface area contributed by atoms with Crippen molar-refractivity contribution in [2.45, 2.75) is 33.6 Å². The second kappa shape index (κ2) is 4.16. The first-order chi connectivity index (χ1) is 7.99. The summed E-state index contributed by atoms with van der Waals surface area (Å²) in [6.07, 6.45) is 0.0521. The standard InChI is InChI=1S/C12H13NO4/c1-6-7(2)11-12(13-8(6)3)17-10(15)5-4-9(14)16-11/h4-5H2,1-3H3. The summed E-state index contributed by atoms with van der Waals surface area (Å²) < 4.78 is 10.2. The first-order valence-corrected chi connectivity index (χ1v) is 5.38. The van der Waals surface area contributed by atoms with E-state index in [1.165, 1.54) is 0 Å². The smallest absolute Gasteiger partial charge is 0.313 e. The van der Waals surface area contributed by atoms with E-state index in [0.717, 1.165) is 16.8 Å². The Morgan fingerprint density at radius 2 is 1.53 bits per heavy atom. The number of pyridine rings is 1. The Morgan fingerprint density at radius 3 is 2.18 bits per heavy atom. The van der Waals surface area contributed by atoms with Crippen LogP contribution >= 0.6 is 0 Å². The van der Waals surface area contributed by atoms with Gasteiger partial charge in [0.15, 0.2) is 5.75 Å². The summed E-state index contributed by atoms with van der Waals surface area (Å²) >= 11 is 0. The third-order valence-corrected chi connectivity index (χ3v) is 2.87. The molecule has 1 aromatic rings. The molecule has 0 radical (unpaired) electrons. The molecule has 1 aromatic heterocycles. The molecule has 2 heterocycles. The molecule has 5 nitrogen and oxygen atoms in total. The number of fused-ring (bicyclic) bond motifs is 1. The molecule has 0 aromatic carbocycles. The van der Waals surface area contributed by atoms with E-state index in [9.17, 15) is 9.59 Å². The molecule has 0 unspecified atom stereocenters. The van der Waals surface area contributed by atoms with Crippen molar-refractivity contribution in [3.8, 4) is 11.6 Å². The molecule has 2 rings (SSSR count). The Hall–Kier alpha value is -1.91. The van der Waals surface area contributed by atoms with Gasteiger partial charge in [-0.1, -0.05) is 0 Å². The third-order valence-electron chi connectivity index (χ3n) is 2.87. The number of nitrogens with zero attached hydrogens (tertiary/aromatic N) is 1. The number of esters is 2. The van der Waals surface area contributed by atoms with Gasteiger partial charge in [0.1, 0.15) is 0 Å². The molecule has 0 fully saturated rings. The second-order valence-corrected chi connectivity index (χ2v) is 4.03. The fourth-order valence-electron chi connectivity index (χ4n) is 1.61. The van der Waals surface area contributed by atoms with Crippen molar-refractivity contribution in [3.05, 3.63) is 16.8 Å². The first kappa shape index (κ1) is 11.6. The van der Waals surface area contributed by atoms with Gasteiger partial charge in [-0.15, -0.1) is 0 Å². The van der Waals surface area contributed by atoms with E-state index >= 15 is 0 Å². The van der Waals surface area contributed by atoms with Crippen molar-refractivity contribution in [1.29, 1.82) is 0 Å². The normalized spacial score (nSPS) is 15.5. The molecule has 17 heavy (non-hydrogen) atoms. The summed E-state index contributed by atoms with van der Waals surface area (Å²) in [6.45, 7) is 5.51. The number of carbonyl (C=O) groups is 2. The second-order valence-electron chi connectivity index (χ2n) is 4.03. The van der Waals surface area contributed by atoms with Crippen molar-refractivity contribution in [2.75, 3.05) is 0 Å². The topological polar surface area (TPSA) is 65.5 Å². The number of carbonyl (C=O) groups excluding carboxylic acids is 2. The van der Waals surface area contributed by atoms with Crippen LogP contribution in [-0.4, -0.2) is 16.9 Å².